The summed E-state index contributed by atoms with van der Waals surface area (Å²) in [7, 11) is 0. The van der Waals surface area contributed by atoms with Gasteiger partial charge in [0.1, 0.15) is 6.10 Å². The van der Waals surface area contributed by atoms with E-state index in [0.29, 0.717) is 37.2 Å². The molecule has 0 aromatic carbocycles. The Bertz CT molecular complexity index is 1330. The quantitative estimate of drug-likeness (QED) is 0.371. The number of fused-ring (bicyclic) bond motifs is 4. The van der Waals surface area contributed by atoms with Gasteiger partial charge in [0, 0.05) is 24.8 Å². The van der Waals surface area contributed by atoms with Gasteiger partial charge in [0.2, 0.25) is 0 Å². The minimum absolute atomic E-state index is 0.00191. The molecule has 267 valence electrons. The summed E-state index contributed by atoms with van der Waals surface area (Å²) < 4.78 is 30.7. The van der Waals surface area contributed by atoms with Crippen LogP contribution in [-0.4, -0.2) is 84.8 Å². The van der Waals surface area contributed by atoms with Crippen LogP contribution in [0.3, 0.4) is 0 Å². The second-order valence-corrected chi connectivity index (χ2v) is 18.6. The van der Waals surface area contributed by atoms with Crippen molar-refractivity contribution in [1.29, 1.82) is 0 Å². The molecule has 9 nitrogen and oxygen atoms in total. The molecule has 8 rings (SSSR count). The predicted molar refractivity (Wildman–Crippen MR) is 176 cm³/mol. The summed E-state index contributed by atoms with van der Waals surface area (Å²) in [6.45, 7) is 20.4. The first-order valence-corrected chi connectivity index (χ1v) is 18.8. The van der Waals surface area contributed by atoms with Crippen LogP contribution in [0.2, 0.25) is 0 Å². The molecular weight excluding hydrogens is 610 g/mol. The highest BCUT2D eigenvalue weighted by Gasteiger charge is 2.85. The number of nitrogens with zero attached hydrogens (tertiary/aromatic N) is 1. The summed E-state index contributed by atoms with van der Waals surface area (Å²) >= 11 is 0. The number of rotatable bonds is 6. The molecule has 8 aliphatic rings. The molecule has 1 unspecified atom stereocenters. The fraction of sp³-hybridized carbons (Fsp3) is 0.872. The lowest BCUT2D eigenvalue weighted by atomic mass is 9.41. The Balaban J connectivity index is 1.03. The van der Waals surface area contributed by atoms with Gasteiger partial charge in [0.25, 0.3) is 0 Å². The van der Waals surface area contributed by atoms with Crippen LogP contribution in [0.15, 0.2) is 0 Å². The standard InChI is InChI=1S/C39H58NO8/c1-22-17-25(33(35(5,6)43)46-23(2)41)47-31-30(22)36(7)13-14-39-21-38(39)12-11-28(48-29-18-40(15-16-45-29)24-19-44-20-24)34(3,4)26(38)9-10-27(39)37(36,8)32(31)42/h22,24,26,28-30,33,43H,9-21H2,1-8H3/t22-,26+,28?,29+,30+,33+,36-,37-,38-,39+/m1/s1. The summed E-state index contributed by atoms with van der Waals surface area (Å²) in [5.74, 6) is 1.80. The van der Waals surface area contributed by atoms with Crippen LogP contribution >= 0.6 is 0 Å². The number of carbonyl (C=O) groups is 2. The number of morpholine rings is 1. The maximum atomic E-state index is 14.9. The molecular formula is C39H58NO8. The number of carbonyl (C=O) groups excluding carboxylic acids is 2. The topological polar surface area (TPSA) is 104 Å². The number of Topliss-reactive ketones (excluding diaryl/α,β-unsaturated/α-hetero) is 1. The van der Waals surface area contributed by atoms with Gasteiger partial charge in [-0.25, -0.2) is 0 Å². The number of hydrogen-bond donors (Lipinski definition) is 1. The SMILES string of the molecule is CC(=O)O[C@@H]([C]1C[C@@H](C)[C@H]2[C](O1)C(=O)[C@@]1(C)[C]3CC[C@H]4C(C)(C)C(O[C@H]5CN(C6COC6)CCO5)CC[C@@]45C[C@@]35CC[C@]21C)C(C)(C)O. The van der Waals surface area contributed by atoms with Gasteiger partial charge >= 0.3 is 5.97 Å². The van der Waals surface area contributed by atoms with E-state index in [0.717, 1.165) is 64.8 Å². The van der Waals surface area contributed by atoms with Crippen molar-refractivity contribution in [3.63, 3.8) is 0 Å². The van der Waals surface area contributed by atoms with Gasteiger partial charge in [-0.2, -0.15) is 0 Å². The molecule has 0 bridgehead atoms. The van der Waals surface area contributed by atoms with Crippen molar-refractivity contribution >= 4 is 11.8 Å². The van der Waals surface area contributed by atoms with E-state index in [-0.39, 0.29) is 51.7 Å². The number of ketones is 1. The largest absolute Gasteiger partial charge is 0.456 e. The minimum atomic E-state index is -1.34. The highest BCUT2D eigenvalue weighted by Crippen LogP contribution is 2.90. The van der Waals surface area contributed by atoms with E-state index in [4.69, 9.17) is 23.7 Å². The van der Waals surface area contributed by atoms with Crippen molar-refractivity contribution in [1.82, 2.24) is 4.90 Å². The molecule has 48 heavy (non-hydrogen) atoms. The van der Waals surface area contributed by atoms with Gasteiger partial charge in [-0.15, -0.1) is 0 Å². The second-order valence-electron chi connectivity index (χ2n) is 18.6. The van der Waals surface area contributed by atoms with Crippen LogP contribution in [-0.2, 0) is 33.3 Å². The number of esters is 1. The Morgan fingerprint density at radius 3 is 2.52 bits per heavy atom. The molecule has 3 radical (unpaired) electrons. The maximum absolute atomic E-state index is 14.9. The summed E-state index contributed by atoms with van der Waals surface area (Å²) in [5.41, 5.74) is -1.84. The molecule has 3 saturated heterocycles. The van der Waals surface area contributed by atoms with E-state index in [1.807, 2.05) is 0 Å². The molecule has 9 heteroatoms. The predicted octanol–water partition coefficient (Wildman–Crippen LogP) is 5.44. The highest BCUT2D eigenvalue weighted by molar-refractivity contribution is 6.02. The molecule has 3 heterocycles. The molecule has 0 aromatic rings. The summed E-state index contributed by atoms with van der Waals surface area (Å²) in [6.07, 6.45) is 8.15. The van der Waals surface area contributed by atoms with Crippen molar-refractivity contribution in [2.45, 2.75) is 137 Å². The molecule has 8 fully saturated rings. The first-order chi connectivity index (χ1) is 22.5. The first-order valence-electron chi connectivity index (χ1n) is 18.8. The Morgan fingerprint density at radius 2 is 1.85 bits per heavy atom. The number of aliphatic hydroxyl groups is 1. The average Bonchev–Trinajstić information content (AvgIpc) is 3.61. The van der Waals surface area contributed by atoms with Gasteiger partial charge in [0.05, 0.1) is 44.1 Å². The molecule has 10 atom stereocenters. The zero-order chi connectivity index (χ0) is 34.2. The lowest BCUT2D eigenvalue weighted by Gasteiger charge is -2.62. The second kappa shape index (κ2) is 11.0. The van der Waals surface area contributed by atoms with E-state index in [9.17, 15) is 14.7 Å². The van der Waals surface area contributed by atoms with E-state index in [2.05, 4.69) is 39.5 Å². The third kappa shape index (κ3) is 4.49. The Labute approximate surface area is 287 Å². The fourth-order valence-corrected chi connectivity index (χ4v) is 13.0. The maximum Gasteiger partial charge on any atom is 0.303 e. The molecule has 5 aliphatic carbocycles. The molecule has 2 spiro atoms. The molecule has 5 saturated carbocycles. The van der Waals surface area contributed by atoms with E-state index >= 15 is 0 Å². The van der Waals surface area contributed by atoms with Crippen molar-refractivity contribution < 1.29 is 38.4 Å². The van der Waals surface area contributed by atoms with Crippen LogP contribution in [0, 0.1) is 63.0 Å². The third-order valence-corrected chi connectivity index (χ3v) is 15.5. The summed E-state index contributed by atoms with van der Waals surface area (Å²) in [5, 5.41) is 11.0. The summed E-state index contributed by atoms with van der Waals surface area (Å²) in [6, 6.07) is 0.495. The van der Waals surface area contributed by atoms with Crippen LogP contribution in [0.25, 0.3) is 0 Å². The van der Waals surface area contributed by atoms with Crippen LogP contribution in [0.5, 0.6) is 0 Å². The third-order valence-electron chi connectivity index (χ3n) is 15.5. The first kappa shape index (κ1) is 34.0. The molecule has 1 N–H and O–H groups in total. The van der Waals surface area contributed by atoms with Gasteiger partial charge in [0.15, 0.2) is 24.3 Å². The van der Waals surface area contributed by atoms with Crippen molar-refractivity contribution in [2.75, 3.05) is 32.9 Å². The number of ether oxygens (including phenoxy) is 5. The zero-order valence-electron chi connectivity index (χ0n) is 30.5. The van der Waals surface area contributed by atoms with Crippen molar-refractivity contribution in [3.05, 3.63) is 18.1 Å². The monoisotopic (exact) mass is 668 g/mol. The van der Waals surface area contributed by atoms with Crippen molar-refractivity contribution in [2.24, 2.45) is 44.8 Å². The number of hydrogen-bond acceptors (Lipinski definition) is 9. The molecule has 3 aliphatic heterocycles. The smallest absolute Gasteiger partial charge is 0.303 e. The van der Waals surface area contributed by atoms with E-state index in [1.165, 1.54) is 19.3 Å². The minimum Gasteiger partial charge on any atom is -0.456 e. The van der Waals surface area contributed by atoms with Crippen molar-refractivity contribution in [3.8, 4) is 0 Å². The van der Waals surface area contributed by atoms with Crippen LogP contribution in [0.4, 0.5) is 0 Å². The Kier molecular flexibility index (Phi) is 7.76. The Hall–Kier alpha value is -1.10. The highest BCUT2D eigenvalue weighted by atomic mass is 16.7. The van der Waals surface area contributed by atoms with Crippen LogP contribution in [0.1, 0.15) is 107 Å². The Morgan fingerprint density at radius 1 is 1.10 bits per heavy atom. The normalized spacial score (nSPS) is 47.2. The summed E-state index contributed by atoms with van der Waals surface area (Å²) in [4.78, 5) is 29.5. The zero-order valence-corrected chi connectivity index (χ0v) is 30.5. The molecule has 0 amide bonds. The fourth-order valence-electron chi connectivity index (χ4n) is 13.0. The average molecular weight is 669 g/mol. The van der Waals surface area contributed by atoms with Gasteiger partial charge in [-0.05, 0) is 105 Å². The van der Waals surface area contributed by atoms with Gasteiger partial charge in [-0.3, -0.25) is 14.5 Å². The lowest BCUT2D eigenvalue weighted by molar-refractivity contribution is -0.251. The van der Waals surface area contributed by atoms with E-state index < -0.39 is 23.1 Å². The van der Waals surface area contributed by atoms with E-state index in [1.54, 1.807) is 13.8 Å². The molecule has 0 aromatic heterocycles. The van der Waals surface area contributed by atoms with Crippen LogP contribution < -0.4 is 0 Å². The lowest BCUT2D eigenvalue weighted by Crippen LogP contribution is -2.59. The van der Waals surface area contributed by atoms with Gasteiger partial charge in [-0.1, -0.05) is 34.6 Å². The van der Waals surface area contributed by atoms with Gasteiger partial charge < -0.3 is 28.8 Å².